The summed E-state index contributed by atoms with van der Waals surface area (Å²) in [5, 5.41) is 218. The van der Waals surface area contributed by atoms with Crippen molar-refractivity contribution in [3.63, 3.8) is 0 Å². The maximum Gasteiger partial charge on any atom is 0.217 e. The van der Waals surface area contributed by atoms with E-state index in [0.29, 0.717) is 0 Å². The van der Waals surface area contributed by atoms with Gasteiger partial charge in [0.15, 0.2) is 44.0 Å². The molecule has 0 saturated carbocycles. The van der Waals surface area contributed by atoms with Crippen molar-refractivity contribution in [1.82, 2.24) is 21.3 Å². The molecule has 35 atom stereocenters. The van der Waals surface area contributed by atoms with Gasteiger partial charge in [-0.3, -0.25) is 19.2 Å². The minimum Gasteiger partial charge on any atom is -0.394 e. The standard InChI is InChI=1S/C50H84N4O36/c1-12(61)51-23-34(72)39(20(9-59)79-44(23)77)86-47-26(54-15(4)64)35(73)40(21(10-60)84-47)87-48-38(76)41(88-50-43(37(75)30(68)19(8-58)83-50)90-46-25(53-14(3)63)33(71)28(66)17(6-56)81-46)31(69)22(85-48)11-78-49-42(36(74)29(67)18(7-57)82-49)89-45-24(52-13(2)62)32(70)27(65)16(5-55)80-45/h16-50,55-60,65-77H,5-11H2,1-4H3,(H,51,61)(H,52,62)(H,53,63)(H,54,64)/t16?,17?,18?,19?,20?,21?,22?,23?,24?,25?,26?,27?,28?,29?,30?,31?,32?,33?,34?,35?,36?,37?,38-,39?,40?,41?,42-,43?,44?,45?,46?,47?,48?,49+,50?/m1/s1. The highest BCUT2D eigenvalue weighted by Gasteiger charge is 2.59. The third kappa shape index (κ3) is 16.4. The average Bonchev–Trinajstić information content (AvgIpc) is 0.912. The maximum absolute atomic E-state index is 12.8. The molecular weight excluding hydrogens is 1230 g/mol. The van der Waals surface area contributed by atoms with Crippen molar-refractivity contribution >= 4 is 23.6 Å². The second kappa shape index (κ2) is 32.4. The normalized spacial score (nSPS) is 47.6. The van der Waals surface area contributed by atoms with Crippen molar-refractivity contribution < 1.29 is 178 Å². The smallest absolute Gasteiger partial charge is 0.217 e. The number of aliphatic hydroxyl groups is 19. The SMILES string of the molecule is CC(=O)NC1C(O)OC(CO)C(OC2OC(CO)C(OC3OC(CO[C@H]4OC(CO)C(O)C(O)[C@H]4OC4OC(CO)C(O)C(O)C4NC(C)=O)C(O)C(OC4OC(CO)C(O)C(O)C4OC4OC(CO)C(O)C(O)C4NC(C)=O)[C@H]3O)C(O)C2NC(C)=O)C1O. The molecule has 520 valence electrons. The van der Waals surface area contributed by atoms with Crippen molar-refractivity contribution in [1.29, 1.82) is 0 Å². The van der Waals surface area contributed by atoms with Crippen molar-refractivity contribution in [2.45, 2.75) is 242 Å². The Morgan fingerprint density at radius 3 is 1.01 bits per heavy atom. The molecule has 0 radical (unpaired) electrons. The molecule has 0 aromatic heterocycles. The van der Waals surface area contributed by atoms with E-state index in [2.05, 4.69) is 21.3 Å². The fourth-order valence-electron chi connectivity index (χ4n) is 11.5. The largest absolute Gasteiger partial charge is 0.394 e. The summed E-state index contributed by atoms with van der Waals surface area (Å²) in [4.78, 5) is 49.5. The van der Waals surface area contributed by atoms with E-state index in [4.69, 9.17) is 61.6 Å². The average molecular weight is 1320 g/mol. The Bertz CT molecular complexity index is 2310. The van der Waals surface area contributed by atoms with Gasteiger partial charge in [-0.05, 0) is 0 Å². The maximum atomic E-state index is 12.8. The Balaban J connectivity index is 1.25. The lowest BCUT2D eigenvalue weighted by molar-refractivity contribution is -0.396. The van der Waals surface area contributed by atoms with Gasteiger partial charge in [0.25, 0.3) is 0 Å². The lowest BCUT2D eigenvalue weighted by atomic mass is 9.93. The Morgan fingerprint density at radius 1 is 0.289 bits per heavy atom. The molecular formula is C50H84N4O36. The van der Waals surface area contributed by atoms with Crippen LogP contribution in [0, 0.1) is 0 Å². The first-order valence-corrected chi connectivity index (χ1v) is 28.6. The van der Waals surface area contributed by atoms with Crippen LogP contribution in [0.1, 0.15) is 27.7 Å². The molecule has 90 heavy (non-hydrogen) atoms. The molecule has 7 saturated heterocycles. The fourth-order valence-corrected chi connectivity index (χ4v) is 11.5. The van der Waals surface area contributed by atoms with Crippen LogP contribution in [0.2, 0.25) is 0 Å². The molecule has 0 aliphatic carbocycles. The second-order valence-corrected chi connectivity index (χ2v) is 22.5. The predicted molar refractivity (Wildman–Crippen MR) is 278 cm³/mol. The number of hydrogen-bond acceptors (Lipinski definition) is 36. The van der Waals surface area contributed by atoms with Gasteiger partial charge in [-0.25, -0.2) is 0 Å². The van der Waals surface area contributed by atoms with Crippen LogP contribution in [0.4, 0.5) is 0 Å². The van der Waals surface area contributed by atoms with Crippen LogP contribution < -0.4 is 21.3 Å². The lowest BCUT2D eigenvalue weighted by Gasteiger charge is -2.51. The monoisotopic (exact) mass is 1320 g/mol. The fraction of sp³-hybridized carbons (Fsp3) is 0.920. The molecule has 0 spiro atoms. The highest BCUT2D eigenvalue weighted by Crippen LogP contribution is 2.38. The van der Waals surface area contributed by atoms with Gasteiger partial charge < -0.3 is 180 Å². The Kier molecular flexibility index (Phi) is 26.6. The third-order valence-electron chi connectivity index (χ3n) is 16.1. The summed E-state index contributed by atoms with van der Waals surface area (Å²) < 4.78 is 76.6. The Hall–Kier alpha value is -3.40. The number of carbonyl (C=O) groups excluding carboxylic acids is 4. The summed E-state index contributed by atoms with van der Waals surface area (Å²) in [5.74, 6) is -3.28. The number of aliphatic hydroxyl groups excluding tert-OH is 19. The highest BCUT2D eigenvalue weighted by molar-refractivity contribution is 5.74. The summed E-state index contributed by atoms with van der Waals surface area (Å²) in [6.07, 6.45) is -61.9. The van der Waals surface area contributed by atoms with Gasteiger partial charge in [-0.15, -0.1) is 0 Å². The van der Waals surface area contributed by atoms with E-state index >= 15 is 0 Å². The molecule has 40 heteroatoms. The van der Waals surface area contributed by atoms with Crippen LogP contribution in [0.3, 0.4) is 0 Å². The van der Waals surface area contributed by atoms with Crippen LogP contribution in [0.5, 0.6) is 0 Å². The van der Waals surface area contributed by atoms with E-state index in [0.717, 1.165) is 27.7 Å². The number of rotatable bonds is 23. The topological polar surface area (TPSA) is 621 Å². The lowest BCUT2D eigenvalue weighted by Crippen LogP contribution is -2.70. The van der Waals surface area contributed by atoms with Gasteiger partial charge in [-0.2, -0.15) is 0 Å². The van der Waals surface area contributed by atoms with Crippen LogP contribution in [-0.4, -0.2) is 382 Å². The van der Waals surface area contributed by atoms with Gasteiger partial charge >= 0.3 is 0 Å². The first kappa shape index (κ1) is 74.0. The van der Waals surface area contributed by atoms with Crippen molar-refractivity contribution in [2.75, 3.05) is 46.2 Å². The summed E-state index contributed by atoms with van der Waals surface area (Å²) in [6.45, 7) is -3.14. The van der Waals surface area contributed by atoms with Gasteiger partial charge in [-0.1, -0.05) is 0 Å². The third-order valence-corrected chi connectivity index (χ3v) is 16.1. The van der Waals surface area contributed by atoms with Crippen molar-refractivity contribution in [3.8, 4) is 0 Å². The van der Waals surface area contributed by atoms with E-state index in [-0.39, 0.29) is 0 Å². The van der Waals surface area contributed by atoms with Gasteiger partial charge in [0.1, 0.15) is 171 Å². The molecule has 4 amide bonds. The van der Waals surface area contributed by atoms with Crippen LogP contribution in [0.15, 0.2) is 0 Å². The number of ether oxygens (including phenoxy) is 13. The molecule has 32 unspecified atom stereocenters. The van der Waals surface area contributed by atoms with Crippen LogP contribution in [-0.2, 0) is 80.8 Å². The summed E-state index contributed by atoms with van der Waals surface area (Å²) >= 11 is 0. The molecule has 40 nitrogen and oxygen atoms in total. The van der Waals surface area contributed by atoms with E-state index in [1.54, 1.807) is 0 Å². The first-order chi connectivity index (χ1) is 42.5. The predicted octanol–water partition coefficient (Wildman–Crippen LogP) is -15.7. The minimum atomic E-state index is -2.45. The van der Waals surface area contributed by atoms with Crippen molar-refractivity contribution in [3.05, 3.63) is 0 Å². The summed E-state index contributed by atoms with van der Waals surface area (Å²) in [6, 6.07) is -6.84. The molecule has 7 fully saturated rings. The van der Waals surface area contributed by atoms with Gasteiger partial charge in [0, 0.05) is 27.7 Å². The molecule has 23 N–H and O–H groups in total. The van der Waals surface area contributed by atoms with E-state index < -0.39 is 285 Å². The zero-order valence-electron chi connectivity index (χ0n) is 48.6. The number of carbonyl (C=O) groups is 4. The zero-order chi connectivity index (χ0) is 66.5. The highest BCUT2D eigenvalue weighted by atomic mass is 16.8. The quantitative estimate of drug-likeness (QED) is 0.0452. The molecule has 0 aromatic rings. The minimum absolute atomic E-state index is 0.751. The molecule has 7 rings (SSSR count). The number of amides is 4. The number of nitrogens with one attached hydrogen (secondary N) is 4. The Labute approximate surface area is 510 Å². The summed E-state index contributed by atoms with van der Waals surface area (Å²) in [5.41, 5.74) is 0. The molecule has 0 aromatic carbocycles. The summed E-state index contributed by atoms with van der Waals surface area (Å²) in [7, 11) is 0. The van der Waals surface area contributed by atoms with Gasteiger partial charge in [0.05, 0.1) is 46.2 Å². The van der Waals surface area contributed by atoms with E-state index in [1.165, 1.54) is 0 Å². The van der Waals surface area contributed by atoms with Crippen LogP contribution >= 0.6 is 0 Å². The second-order valence-electron chi connectivity index (χ2n) is 22.5. The molecule has 7 aliphatic rings. The van der Waals surface area contributed by atoms with E-state index in [9.17, 15) is 116 Å². The van der Waals surface area contributed by atoms with Crippen molar-refractivity contribution in [2.24, 2.45) is 0 Å². The molecule has 7 aliphatic heterocycles. The van der Waals surface area contributed by atoms with Crippen LogP contribution in [0.25, 0.3) is 0 Å². The van der Waals surface area contributed by atoms with E-state index in [1.807, 2.05) is 0 Å². The van der Waals surface area contributed by atoms with Gasteiger partial charge in [0.2, 0.25) is 23.6 Å². The molecule has 0 bridgehead atoms. The zero-order valence-corrected chi connectivity index (χ0v) is 48.6. The number of hydrogen-bond donors (Lipinski definition) is 23. The first-order valence-electron chi connectivity index (χ1n) is 28.6. The Morgan fingerprint density at radius 2 is 0.589 bits per heavy atom. The molecule has 7 heterocycles.